The highest BCUT2D eigenvalue weighted by Crippen LogP contribution is 2.20. The molecule has 9 heteroatoms. The summed E-state index contributed by atoms with van der Waals surface area (Å²) in [5.74, 6) is -4.73. The average Bonchev–Trinajstić information content (AvgIpc) is 2.27. The van der Waals surface area contributed by atoms with Gasteiger partial charge in [-0.1, -0.05) is 0 Å². The Morgan fingerprint density at radius 3 is 2.50 bits per heavy atom. The fourth-order valence-electron chi connectivity index (χ4n) is 0.967. The van der Waals surface area contributed by atoms with Crippen LogP contribution in [0.1, 0.15) is 15.9 Å². The molecule has 2 N–H and O–H groups in total. The van der Waals surface area contributed by atoms with Gasteiger partial charge in [-0.25, -0.2) is 9.78 Å². The first kappa shape index (κ1) is 13.4. The molecule has 0 aromatic carbocycles. The Labute approximate surface area is 97.7 Å². The predicted octanol–water partition coefficient (Wildman–Crippen LogP) is 1.15. The van der Waals surface area contributed by atoms with Crippen molar-refractivity contribution in [3.63, 3.8) is 0 Å². The van der Waals surface area contributed by atoms with Crippen molar-refractivity contribution in [2.75, 3.05) is 5.32 Å². The first-order chi connectivity index (χ1) is 8.25. The Bertz CT molecular complexity index is 548. The number of nitrogens with one attached hydrogen (secondary N) is 1. The molecule has 0 aliphatic carbocycles. The van der Waals surface area contributed by atoms with Gasteiger partial charge in [0.2, 0.25) is 0 Å². The predicted molar refractivity (Wildman–Crippen MR) is 50.6 cm³/mol. The lowest BCUT2D eigenvalue weighted by molar-refractivity contribution is -0.167. The second kappa shape index (κ2) is 4.70. The number of carboxylic acids is 1. The third-order valence-corrected chi connectivity index (χ3v) is 1.74. The number of aromatic carboxylic acids is 1. The summed E-state index contributed by atoms with van der Waals surface area (Å²) < 4.78 is 35.9. The van der Waals surface area contributed by atoms with E-state index in [2.05, 4.69) is 4.98 Å². The van der Waals surface area contributed by atoms with Crippen LogP contribution in [0.15, 0.2) is 12.3 Å². The van der Waals surface area contributed by atoms with Gasteiger partial charge in [0.05, 0.1) is 5.56 Å². The lowest BCUT2D eigenvalue weighted by Gasteiger charge is -2.09. The molecule has 0 spiro atoms. The highest BCUT2D eigenvalue weighted by molar-refractivity contribution is 6.01. The van der Waals surface area contributed by atoms with E-state index in [1.54, 1.807) is 6.07 Å². The Morgan fingerprint density at radius 2 is 2.06 bits per heavy atom. The van der Waals surface area contributed by atoms with Crippen molar-refractivity contribution in [2.24, 2.45) is 0 Å². The van der Waals surface area contributed by atoms with Crippen LogP contribution in [0, 0.1) is 11.3 Å². The van der Waals surface area contributed by atoms with Crippen LogP contribution in [-0.2, 0) is 4.79 Å². The van der Waals surface area contributed by atoms with Gasteiger partial charge in [0.25, 0.3) is 0 Å². The van der Waals surface area contributed by atoms with Gasteiger partial charge in [0.1, 0.15) is 17.5 Å². The maximum Gasteiger partial charge on any atom is 0.471 e. The van der Waals surface area contributed by atoms with Gasteiger partial charge in [-0.2, -0.15) is 18.4 Å². The van der Waals surface area contributed by atoms with Crippen molar-refractivity contribution < 1.29 is 27.9 Å². The number of anilines is 1. The molecule has 0 bridgehead atoms. The zero-order valence-corrected chi connectivity index (χ0v) is 8.45. The highest BCUT2D eigenvalue weighted by atomic mass is 19.4. The number of carboxylic acid groups (broad SMARTS) is 1. The van der Waals surface area contributed by atoms with E-state index in [-0.39, 0.29) is 5.56 Å². The van der Waals surface area contributed by atoms with Crippen LogP contribution < -0.4 is 5.32 Å². The van der Waals surface area contributed by atoms with E-state index in [0.717, 1.165) is 12.3 Å². The average molecular weight is 259 g/mol. The molecule has 6 nitrogen and oxygen atoms in total. The van der Waals surface area contributed by atoms with Gasteiger partial charge in [0, 0.05) is 6.20 Å². The van der Waals surface area contributed by atoms with Crippen molar-refractivity contribution in [1.29, 1.82) is 5.26 Å². The summed E-state index contributed by atoms with van der Waals surface area (Å²) >= 11 is 0. The van der Waals surface area contributed by atoms with Gasteiger partial charge in [0.15, 0.2) is 0 Å². The molecule has 1 rings (SSSR count). The van der Waals surface area contributed by atoms with Crippen LogP contribution in [0.5, 0.6) is 0 Å². The molecule has 0 atom stereocenters. The molecule has 1 heterocycles. The maximum absolute atomic E-state index is 12.0. The van der Waals surface area contributed by atoms with Gasteiger partial charge >= 0.3 is 18.1 Å². The number of carbonyl (C=O) groups excluding carboxylic acids is 1. The van der Waals surface area contributed by atoms with E-state index in [1.165, 1.54) is 5.32 Å². The molecule has 0 saturated heterocycles. The molecule has 1 aromatic rings. The molecule has 0 fully saturated rings. The molecular weight excluding hydrogens is 255 g/mol. The molecule has 94 valence electrons. The molecule has 0 radical (unpaired) electrons. The van der Waals surface area contributed by atoms with E-state index in [1.807, 2.05) is 0 Å². The zero-order chi connectivity index (χ0) is 13.9. The number of halogens is 3. The van der Waals surface area contributed by atoms with Crippen molar-refractivity contribution >= 4 is 17.7 Å². The molecule has 0 aliphatic rings. The first-order valence-electron chi connectivity index (χ1n) is 4.27. The van der Waals surface area contributed by atoms with Gasteiger partial charge in [-0.3, -0.25) is 4.79 Å². The van der Waals surface area contributed by atoms with E-state index in [4.69, 9.17) is 10.4 Å². The minimum atomic E-state index is -5.16. The SMILES string of the molecule is N#Cc1cnc(NC(=O)C(F)(F)F)c(C(=O)O)c1. The normalized spacial score (nSPS) is 10.6. The van der Waals surface area contributed by atoms with Gasteiger partial charge in [-0.05, 0) is 6.07 Å². The topological polar surface area (TPSA) is 103 Å². The number of hydrogen-bond acceptors (Lipinski definition) is 4. The second-order valence-corrected chi connectivity index (χ2v) is 2.99. The van der Waals surface area contributed by atoms with Crippen LogP contribution >= 0.6 is 0 Å². The van der Waals surface area contributed by atoms with Gasteiger partial charge in [-0.15, -0.1) is 0 Å². The van der Waals surface area contributed by atoms with Gasteiger partial charge < -0.3 is 10.4 Å². The van der Waals surface area contributed by atoms with E-state index < -0.39 is 29.4 Å². The summed E-state index contributed by atoms with van der Waals surface area (Å²) in [5, 5.41) is 18.5. The number of rotatable bonds is 2. The lowest BCUT2D eigenvalue weighted by Crippen LogP contribution is -2.31. The number of pyridine rings is 1. The summed E-state index contributed by atoms with van der Waals surface area (Å²) in [4.78, 5) is 24.7. The van der Waals surface area contributed by atoms with Crippen LogP contribution in [0.4, 0.5) is 19.0 Å². The molecule has 0 saturated carbocycles. The second-order valence-electron chi connectivity index (χ2n) is 2.99. The minimum Gasteiger partial charge on any atom is -0.478 e. The Balaban J connectivity index is 3.14. The van der Waals surface area contributed by atoms with E-state index >= 15 is 0 Å². The highest BCUT2D eigenvalue weighted by Gasteiger charge is 2.39. The zero-order valence-electron chi connectivity index (χ0n) is 8.45. The number of nitriles is 1. The fourth-order valence-corrected chi connectivity index (χ4v) is 0.967. The molecular formula is C9H4F3N3O3. The fraction of sp³-hybridized carbons (Fsp3) is 0.111. The Kier molecular flexibility index (Phi) is 3.51. The molecule has 0 unspecified atom stereocenters. The molecule has 18 heavy (non-hydrogen) atoms. The maximum atomic E-state index is 12.0. The van der Waals surface area contributed by atoms with Crippen LogP contribution in [0.3, 0.4) is 0 Å². The van der Waals surface area contributed by atoms with Crippen molar-refractivity contribution in [3.05, 3.63) is 23.4 Å². The number of alkyl halides is 3. The Hall–Kier alpha value is -2.63. The number of nitrogens with zero attached hydrogens (tertiary/aromatic N) is 2. The number of aromatic nitrogens is 1. The van der Waals surface area contributed by atoms with E-state index in [9.17, 15) is 22.8 Å². The van der Waals surface area contributed by atoms with Crippen molar-refractivity contribution in [3.8, 4) is 6.07 Å². The largest absolute Gasteiger partial charge is 0.478 e. The van der Waals surface area contributed by atoms with Crippen molar-refractivity contribution in [2.45, 2.75) is 6.18 Å². The molecule has 1 amide bonds. The molecule has 0 aliphatic heterocycles. The first-order valence-corrected chi connectivity index (χ1v) is 4.27. The number of hydrogen-bond donors (Lipinski definition) is 2. The summed E-state index contributed by atoms with van der Waals surface area (Å²) in [6, 6.07) is 2.38. The quantitative estimate of drug-likeness (QED) is 0.829. The van der Waals surface area contributed by atoms with Crippen LogP contribution in [-0.4, -0.2) is 28.1 Å². The van der Waals surface area contributed by atoms with Crippen LogP contribution in [0.2, 0.25) is 0 Å². The Morgan fingerprint density at radius 1 is 1.44 bits per heavy atom. The summed E-state index contributed by atoms with van der Waals surface area (Å²) in [5.41, 5.74) is -0.857. The monoisotopic (exact) mass is 259 g/mol. The number of carbonyl (C=O) groups is 2. The van der Waals surface area contributed by atoms with E-state index in [0.29, 0.717) is 0 Å². The summed E-state index contributed by atoms with van der Waals surface area (Å²) in [7, 11) is 0. The number of amides is 1. The van der Waals surface area contributed by atoms with Crippen LogP contribution in [0.25, 0.3) is 0 Å². The smallest absolute Gasteiger partial charge is 0.471 e. The lowest BCUT2D eigenvalue weighted by atomic mass is 10.2. The summed E-state index contributed by atoms with van der Waals surface area (Å²) in [6.45, 7) is 0. The third-order valence-electron chi connectivity index (χ3n) is 1.74. The molecule has 1 aromatic heterocycles. The summed E-state index contributed by atoms with van der Waals surface area (Å²) in [6.07, 6.45) is -4.32. The third kappa shape index (κ3) is 2.94. The standard InChI is InChI=1S/C9H4F3N3O3/c10-9(11,12)8(18)15-6-5(7(16)17)1-4(2-13)3-14-6/h1,3H,(H,16,17)(H,14,15,18). The van der Waals surface area contributed by atoms with Crippen molar-refractivity contribution in [1.82, 2.24) is 4.98 Å². The minimum absolute atomic E-state index is 0.155.